The number of carbonyl (C=O) groups is 2. The van der Waals surface area contributed by atoms with E-state index in [2.05, 4.69) is 4.74 Å². The fourth-order valence-electron chi connectivity index (χ4n) is 1.93. The number of hydrogen-bond donors (Lipinski definition) is 0. The van der Waals surface area contributed by atoms with Gasteiger partial charge in [-0.15, -0.1) is 0 Å². The van der Waals surface area contributed by atoms with E-state index in [1.165, 1.54) is 7.11 Å². The zero-order chi connectivity index (χ0) is 15.3. The van der Waals surface area contributed by atoms with Crippen LogP contribution in [0.3, 0.4) is 0 Å². The van der Waals surface area contributed by atoms with Crippen molar-refractivity contribution in [3.8, 4) is 0 Å². The molecule has 1 aliphatic heterocycles. The van der Waals surface area contributed by atoms with Gasteiger partial charge in [0, 0.05) is 0 Å². The smallest absolute Gasteiger partial charge is 0.483 e. The average Bonchev–Trinajstić information content (AvgIpc) is 2.66. The van der Waals surface area contributed by atoms with Gasteiger partial charge < -0.3 is 18.7 Å². The Morgan fingerprint density at radius 1 is 1.30 bits per heavy atom. The lowest BCUT2D eigenvalue weighted by Crippen LogP contribution is -2.35. The lowest BCUT2D eigenvalue weighted by molar-refractivity contribution is -0.151. The van der Waals surface area contributed by atoms with Crippen molar-refractivity contribution in [1.82, 2.24) is 0 Å². The molecule has 0 amide bonds. The van der Waals surface area contributed by atoms with Gasteiger partial charge in [0.25, 0.3) is 0 Å². The molecule has 0 aromatic carbocycles. The largest absolute Gasteiger partial charge is 0.716 e. The first-order valence-electron chi connectivity index (χ1n) is 6.92. The zero-order valence-electron chi connectivity index (χ0n) is 12.8. The van der Waals surface area contributed by atoms with E-state index < -0.39 is 31.5 Å². The fraction of sp³-hybridized carbons (Fsp3) is 0.846. The van der Waals surface area contributed by atoms with Crippen molar-refractivity contribution < 1.29 is 28.3 Å². The van der Waals surface area contributed by atoms with E-state index in [0.717, 1.165) is 0 Å². The van der Waals surface area contributed by atoms with Gasteiger partial charge in [0.05, 0.1) is 7.11 Å². The van der Waals surface area contributed by atoms with Gasteiger partial charge in [0.2, 0.25) is 0 Å². The summed E-state index contributed by atoms with van der Waals surface area (Å²) in [4.78, 5) is 23.3. The Bertz CT molecular complexity index is 344. The van der Waals surface area contributed by atoms with Crippen LogP contribution in [0, 0.1) is 11.8 Å². The van der Waals surface area contributed by atoms with Gasteiger partial charge in [-0.3, -0.25) is 4.79 Å². The molecule has 0 radical (unpaired) electrons. The molecule has 1 aliphatic rings. The molecule has 0 N–H and O–H groups in total. The summed E-state index contributed by atoms with van der Waals surface area (Å²) in [5, 5.41) is 0. The second kappa shape index (κ2) is 7.64. The normalized spacial score (nSPS) is 20.4. The van der Waals surface area contributed by atoms with Crippen LogP contribution in [-0.2, 0) is 28.3 Å². The van der Waals surface area contributed by atoms with Crippen LogP contribution in [0.5, 0.6) is 0 Å². The molecule has 1 saturated heterocycles. The Kier molecular flexibility index (Phi) is 6.49. The van der Waals surface area contributed by atoms with Crippen molar-refractivity contribution in [2.24, 2.45) is 11.8 Å². The Balaban J connectivity index is 2.57. The number of rotatable bonds is 7. The van der Waals surface area contributed by atoms with Gasteiger partial charge in [-0.2, -0.15) is 0 Å². The third kappa shape index (κ3) is 5.13. The summed E-state index contributed by atoms with van der Waals surface area (Å²) in [7, 11) is 0.163. The predicted molar refractivity (Wildman–Crippen MR) is 72.5 cm³/mol. The lowest BCUT2D eigenvalue weighted by Gasteiger charge is -2.18. The van der Waals surface area contributed by atoms with Crippen LogP contribution >= 0.6 is 0 Å². The van der Waals surface area contributed by atoms with Crippen molar-refractivity contribution in [3.63, 3.8) is 0 Å². The Labute approximate surface area is 120 Å². The van der Waals surface area contributed by atoms with Crippen molar-refractivity contribution in [2.75, 3.05) is 7.11 Å². The molecule has 0 aromatic rings. The number of ether oxygens (including phenoxy) is 1. The van der Waals surface area contributed by atoms with E-state index in [1.807, 2.05) is 27.7 Å². The minimum atomic E-state index is -1.13. The summed E-state index contributed by atoms with van der Waals surface area (Å²) in [6.07, 6.45) is -0.391. The fourth-order valence-corrected chi connectivity index (χ4v) is 1.93. The highest BCUT2D eigenvalue weighted by molar-refractivity contribution is 6.42. The first-order valence-corrected chi connectivity index (χ1v) is 6.92. The molecule has 7 heteroatoms. The van der Waals surface area contributed by atoms with Gasteiger partial charge in [0.1, 0.15) is 12.2 Å². The van der Waals surface area contributed by atoms with Gasteiger partial charge in [-0.05, 0) is 24.7 Å². The summed E-state index contributed by atoms with van der Waals surface area (Å²) in [5.41, 5.74) is 0. The standard InChI is InChI=1S/C13H23BO6/c1-8(2)6-10(12(15)17-5)18-14-19-11(7-9(3)4)13(16)20-14/h8-11H,6-7H2,1-5H3. The van der Waals surface area contributed by atoms with Crippen LogP contribution in [0.15, 0.2) is 0 Å². The molecule has 0 bridgehead atoms. The number of carbonyl (C=O) groups excluding carboxylic acids is 2. The van der Waals surface area contributed by atoms with Crippen molar-refractivity contribution in [1.29, 1.82) is 0 Å². The average molecular weight is 286 g/mol. The molecule has 1 fully saturated rings. The van der Waals surface area contributed by atoms with E-state index in [-0.39, 0.29) is 5.92 Å². The molecule has 1 heterocycles. The van der Waals surface area contributed by atoms with E-state index in [0.29, 0.717) is 18.8 Å². The minimum absolute atomic E-state index is 0.239. The van der Waals surface area contributed by atoms with Crippen molar-refractivity contribution in [3.05, 3.63) is 0 Å². The molecular formula is C13H23BO6. The van der Waals surface area contributed by atoms with E-state index >= 15 is 0 Å². The van der Waals surface area contributed by atoms with Crippen LogP contribution in [0.2, 0.25) is 0 Å². The molecule has 0 aliphatic carbocycles. The van der Waals surface area contributed by atoms with E-state index in [9.17, 15) is 9.59 Å². The van der Waals surface area contributed by atoms with Crippen LogP contribution in [0.25, 0.3) is 0 Å². The quantitative estimate of drug-likeness (QED) is 0.522. The Morgan fingerprint density at radius 2 is 1.95 bits per heavy atom. The maximum Gasteiger partial charge on any atom is 0.716 e. The first-order chi connectivity index (χ1) is 9.33. The second-order valence-corrected chi connectivity index (χ2v) is 5.76. The molecule has 114 valence electrons. The summed E-state index contributed by atoms with van der Waals surface area (Å²) < 4.78 is 20.5. The monoisotopic (exact) mass is 286 g/mol. The summed E-state index contributed by atoms with van der Waals surface area (Å²) in [5.74, 6) is -0.399. The van der Waals surface area contributed by atoms with Crippen molar-refractivity contribution in [2.45, 2.75) is 52.7 Å². The van der Waals surface area contributed by atoms with Gasteiger partial charge >= 0.3 is 19.3 Å². The molecule has 20 heavy (non-hydrogen) atoms. The van der Waals surface area contributed by atoms with Gasteiger partial charge in [-0.25, -0.2) is 4.79 Å². The molecular weight excluding hydrogens is 263 g/mol. The molecule has 0 saturated carbocycles. The molecule has 2 unspecified atom stereocenters. The topological polar surface area (TPSA) is 71.1 Å². The summed E-state index contributed by atoms with van der Waals surface area (Å²) >= 11 is 0. The van der Waals surface area contributed by atoms with Crippen LogP contribution in [-0.4, -0.2) is 38.6 Å². The number of methoxy groups -OCH3 is 1. The predicted octanol–water partition coefficient (Wildman–Crippen LogP) is 1.56. The molecule has 1 rings (SSSR count). The van der Waals surface area contributed by atoms with E-state index in [1.54, 1.807) is 0 Å². The third-order valence-electron chi connectivity index (χ3n) is 2.86. The highest BCUT2D eigenvalue weighted by Crippen LogP contribution is 2.21. The lowest BCUT2D eigenvalue weighted by atomic mass is 10.0. The van der Waals surface area contributed by atoms with Crippen LogP contribution in [0.4, 0.5) is 0 Å². The molecule has 0 spiro atoms. The SMILES string of the molecule is COC(=O)C(CC(C)C)OB1OC(=O)C(CC(C)C)O1. The van der Waals surface area contributed by atoms with Gasteiger partial charge in [0.15, 0.2) is 0 Å². The minimum Gasteiger partial charge on any atom is -0.483 e. The highest BCUT2D eigenvalue weighted by Gasteiger charge is 2.45. The number of hydrogen-bond acceptors (Lipinski definition) is 6. The summed E-state index contributed by atoms with van der Waals surface area (Å²) in [6.45, 7) is 7.90. The van der Waals surface area contributed by atoms with Crippen LogP contribution in [0.1, 0.15) is 40.5 Å². The highest BCUT2D eigenvalue weighted by atomic mass is 16.8. The Morgan fingerprint density at radius 3 is 2.45 bits per heavy atom. The first kappa shape index (κ1) is 17.0. The molecule has 6 nitrogen and oxygen atoms in total. The third-order valence-corrected chi connectivity index (χ3v) is 2.86. The maximum absolute atomic E-state index is 11.6. The van der Waals surface area contributed by atoms with Gasteiger partial charge in [-0.1, -0.05) is 27.7 Å². The molecule has 2 atom stereocenters. The van der Waals surface area contributed by atoms with Crippen LogP contribution < -0.4 is 0 Å². The Hall–Kier alpha value is -1.08. The number of esters is 1. The van der Waals surface area contributed by atoms with E-state index in [4.69, 9.17) is 14.0 Å². The summed E-state index contributed by atoms with van der Waals surface area (Å²) in [6, 6.07) is 0. The molecule has 0 aromatic heterocycles. The zero-order valence-corrected chi connectivity index (χ0v) is 12.8. The maximum atomic E-state index is 11.6. The second-order valence-electron chi connectivity index (χ2n) is 5.76. The van der Waals surface area contributed by atoms with Crippen molar-refractivity contribution >= 4 is 19.3 Å².